The van der Waals surface area contributed by atoms with Crippen molar-refractivity contribution in [2.45, 2.75) is 6.42 Å². The summed E-state index contributed by atoms with van der Waals surface area (Å²) in [5.41, 5.74) is 0.538. The highest BCUT2D eigenvalue weighted by Gasteiger charge is 2.23. The zero-order valence-corrected chi connectivity index (χ0v) is 9.61. The molecule has 0 fully saturated rings. The molecule has 1 aliphatic heterocycles. The van der Waals surface area contributed by atoms with Crippen LogP contribution in [0.2, 0.25) is 0 Å². The van der Waals surface area contributed by atoms with Gasteiger partial charge in [0.1, 0.15) is 11.6 Å². The number of hydrogen-bond donors (Lipinski definition) is 1. The van der Waals surface area contributed by atoms with Crippen LogP contribution < -0.4 is 10.1 Å². The Hall–Kier alpha value is -2.50. The highest BCUT2D eigenvalue weighted by atomic mass is 19.2. The minimum absolute atomic E-state index is 0.107. The van der Waals surface area contributed by atoms with Gasteiger partial charge in [-0.15, -0.1) is 0 Å². The van der Waals surface area contributed by atoms with E-state index in [-0.39, 0.29) is 23.8 Å². The maximum atomic E-state index is 13.5. The average Bonchev–Trinajstić information content (AvgIpc) is 2.76. The van der Waals surface area contributed by atoms with Crippen molar-refractivity contribution < 1.29 is 18.3 Å². The highest BCUT2D eigenvalue weighted by Crippen LogP contribution is 2.33. The molecule has 96 valence electrons. The summed E-state index contributed by atoms with van der Waals surface area (Å²) in [4.78, 5) is 15.3. The van der Waals surface area contributed by atoms with Gasteiger partial charge >= 0.3 is 0 Å². The zero-order chi connectivity index (χ0) is 13.4. The number of ether oxygens (including phenoxy) is 1. The van der Waals surface area contributed by atoms with Crippen molar-refractivity contribution in [1.82, 2.24) is 4.98 Å². The van der Waals surface area contributed by atoms with Crippen molar-refractivity contribution in [3.05, 3.63) is 47.7 Å². The molecule has 2 aromatic rings. The van der Waals surface area contributed by atoms with Crippen molar-refractivity contribution in [2.75, 3.05) is 5.32 Å². The van der Waals surface area contributed by atoms with Gasteiger partial charge in [-0.05, 0) is 18.2 Å². The second kappa shape index (κ2) is 4.31. The Kier molecular flexibility index (Phi) is 2.63. The molecule has 0 aliphatic carbocycles. The second-order valence-electron chi connectivity index (χ2n) is 4.02. The molecule has 0 saturated heterocycles. The Balaban J connectivity index is 1.99. The third-order valence-corrected chi connectivity index (χ3v) is 2.74. The lowest BCUT2D eigenvalue weighted by Gasteiger charge is -2.09. The number of hydrogen-bond acceptors (Lipinski definition) is 3. The van der Waals surface area contributed by atoms with Crippen molar-refractivity contribution in [1.29, 1.82) is 0 Å². The third kappa shape index (κ3) is 2.01. The van der Waals surface area contributed by atoms with Gasteiger partial charge in [-0.1, -0.05) is 6.07 Å². The molecular formula is C13H8F2N2O2. The summed E-state index contributed by atoms with van der Waals surface area (Å²) in [6, 6.07) is 5.17. The molecule has 1 aromatic heterocycles. The Labute approximate surface area is 107 Å². The summed E-state index contributed by atoms with van der Waals surface area (Å²) in [5, 5.41) is 2.55. The predicted molar refractivity (Wildman–Crippen MR) is 63.0 cm³/mol. The summed E-state index contributed by atoms with van der Waals surface area (Å²) < 4.78 is 31.9. The third-order valence-electron chi connectivity index (χ3n) is 2.74. The summed E-state index contributed by atoms with van der Waals surface area (Å²) in [5.74, 6) is -1.82. The van der Waals surface area contributed by atoms with E-state index in [1.165, 1.54) is 24.4 Å². The van der Waals surface area contributed by atoms with E-state index in [2.05, 4.69) is 10.3 Å². The van der Waals surface area contributed by atoms with Crippen LogP contribution in [0.3, 0.4) is 0 Å². The first-order chi connectivity index (χ1) is 9.15. The van der Waals surface area contributed by atoms with Crippen LogP contribution in [-0.4, -0.2) is 10.9 Å². The highest BCUT2D eigenvalue weighted by molar-refractivity contribution is 5.98. The van der Waals surface area contributed by atoms with E-state index in [0.717, 1.165) is 6.07 Å². The van der Waals surface area contributed by atoms with Gasteiger partial charge in [0.15, 0.2) is 11.6 Å². The summed E-state index contributed by atoms with van der Waals surface area (Å²) in [6.07, 6.45) is 1.53. The van der Waals surface area contributed by atoms with Gasteiger partial charge in [0.2, 0.25) is 11.7 Å². The van der Waals surface area contributed by atoms with E-state index < -0.39 is 11.6 Å². The van der Waals surface area contributed by atoms with Crippen LogP contribution in [-0.2, 0) is 11.2 Å². The van der Waals surface area contributed by atoms with Crippen molar-refractivity contribution >= 4 is 11.7 Å². The smallest absolute Gasteiger partial charge is 0.230 e. The van der Waals surface area contributed by atoms with Crippen LogP contribution >= 0.6 is 0 Å². The summed E-state index contributed by atoms with van der Waals surface area (Å²) in [6.45, 7) is 0. The average molecular weight is 262 g/mol. The fourth-order valence-electron chi connectivity index (χ4n) is 1.87. The van der Waals surface area contributed by atoms with Crippen LogP contribution in [0.25, 0.3) is 0 Å². The number of aromatic nitrogens is 1. The predicted octanol–water partition coefficient (Wildman–Crippen LogP) is 2.65. The molecule has 2 heterocycles. The molecule has 0 radical (unpaired) electrons. The van der Waals surface area contributed by atoms with E-state index in [0.29, 0.717) is 11.4 Å². The molecule has 6 heteroatoms. The van der Waals surface area contributed by atoms with Crippen LogP contribution in [0, 0.1) is 11.6 Å². The number of pyridine rings is 1. The SMILES string of the molecule is O=C1Cc2c(Oc3cccc(F)c3F)ccnc2N1. The Morgan fingerprint density at radius 1 is 1.21 bits per heavy atom. The molecule has 0 saturated carbocycles. The minimum atomic E-state index is -1.06. The first-order valence-electron chi connectivity index (χ1n) is 5.55. The van der Waals surface area contributed by atoms with Gasteiger partial charge in [0, 0.05) is 11.8 Å². The van der Waals surface area contributed by atoms with Crippen LogP contribution in [0.1, 0.15) is 5.56 Å². The first kappa shape index (κ1) is 11.6. The molecule has 3 rings (SSSR count). The molecule has 0 atom stereocenters. The molecular weight excluding hydrogens is 254 g/mol. The van der Waals surface area contributed by atoms with E-state index >= 15 is 0 Å². The van der Waals surface area contributed by atoms with Crippen molar-refractivity contribution in [3.63, 3.8) is 0 Å². The lowest BCUT2D eigenvalue weighted by Crippen LogP contribution is -2.04. The molecule has 0 spiro atoms. The van der Waals surface area contributed by atoms with Gasteiger partial charge in [-0.2, -0.15) is 4.39 Å². The Morgan fingerprint density at radius 2 is 2.05 bits per heavy atom. The summed E-state index contributed by atoms with van der Waals surface area (Å²) in [7, 11) is 0. The van der Waals surface area contributed by atoms with Crippen molar-refractivity contribution in [3.8, 4) is 11.5 Å². The number of carbonyl (C=O) groups is 1. The van der Waals surface area contributed by atoms with Crippen LogP contribution in [0.15, 0.2) is 30.5 Å². The molecule has 1 aromatic carbocycles. The molecule has 1 amide bonds. The van der Waals surface area contributed by atoms with E-state index in [1.807, 2.05) is 0 Å². The van der Waals surface area contributed by atoms with Crippen molar-refractivity contribution in [2.24, 2.45) is 0 Å². The number of fused-ring (bicyclic) bond motifs is 1. The van der Waals surface area contributed by atoms with E-state index in [1.54, 1.807) is 0 Å². The first-order valence-corrected chi connectivity index (χ1v) is 5.55. The lowest BCUT2D eigenvalue weighted by atomic mass is 10.2. The normalized spacial score (nSPS) is 13.1. The molecule has 4 nitrogen and oxygen atoms in total. The maximum Gasteiger partial charge on any atom is 0.230 e. The molecule has 0 unspecified atom stereocenters. The topological polar surface area (TPSA) is 51.2 Å². The number of benzene rings is 1. The minimum Gasteiger partial charge on any atom is -0.454 e. The molecule has 19 heavy (non-hydrogen) atoms. The quantitative estimate of drug-likeness (QED) is 0.905. The van der Waals surface area contributed by atoms with Gasteiger partial charge in [-0.3, -0.25) is 4.79 Å². The van der Waals surface area contributed by atoms with Gasteiger partial charge in [0.25, 0.3) is 0 Å². The van der Waals surface area contributed by atoms with Crippen LogP contribution in [0.4, 0.5) is 14.6 Å². The number of nitrogens with zero attached hydrogens (tertiary/aromatic N) is 1. The molecule has 1 N–H and O–H groups in total. The van der Waals surface area contributed by atoms with Gasteiger partial charge in [-0.25, -0.2) is 9.37 Å². The standard InChI is InChI=1S/C13H8F2N2O2/c14-8-2-1-3-10(12(8)15)19-9-4-5-16-13-7(9)6-11(18)17-13/h1-5H,6H2,(H,16,17,18). The van der Waals surface area contributed by atoms with Gasteiger partial charge < -0.3 is 10.1 Å². The molecule has 1 aliphatic rings. The van der Waals surface area contributed by atoms with E-state index in [9.17, 15) is 13.6 Å². The maximum absolute atomic E-state index is 13.5. The van der Waals surface area contributed by atoms with E-state index in [4.69, 9.17) is 4.74 Å². The Morgan fingerprint density at radius 3 is 2.89 bits per heavy atom. The number of rotatable bonds is 2. The zero-order valence-electron chi connectivity index (χ0n) is 9.61. The molecule has 0 bridgehead atoms. The fraction of sp³-hybridized carbons (Fsp3) is 0.0769. The van der Waals surface area contributed by atoms with Crippen LogP contribution in [0.5, 0.6) is 11.5 Å². The summed E-state index contributed by atoms with van der Waals surface area (Å²) >= 11 is 0. The number of amides is 1. The fourth-order valence-corrected chi connectivity index (χ4v) is 1.87. The number of halogens is 2. The monoisotopic (exact) mass is 262 g/mol. The Bertz CT molecular complexity index is 674. The number of carbonyl (C=O) groups excluding carboxylic acids is 1. The lowest BCUT2D eigenvalue weighted by molar-refractivity contribution is -0.115. The number of anilines is 1. The second-order valence-corrected chi connectivity index (χ2v) is 4.02. The number of nitrogens with one attached hydrogen (secondary N) is 1. The van der Waals surface area contributed by atoms with Gasteiger partial charge in [0.05, 0.1) is 6.42 Å². The largest absolute Gasteiger partial charge is 0.454 e.